The summed E-state index contributed by atoms with van der Waals surface area (Å²) < 4.78 is 0. The molecule has 0 radical (unpaired) electrons. The smallest absolute Gasteiger partial charge is 0.159 e. The van der Waals surface area contributed by atoms with Crippen LogP contribution >= 0.6 is 11.6 Å². The molecule has 1 aliphatic carbocycles. The van der Waals surface area contributed by atoms with Crippen LogP contribution in [0.15, 0.2) is 54.3 Å². The van der Waals surface area contributed by atoms with Gasteiger partial charge in [-0.25, -0.2) is 0 Å². The highest BCUT2D eigenvalue weighted by atomic mass is 35.5. The lowest BCUT2D eigenvalue weighted by Gasteiger charge is -2.62. The van der Waals surface area contributed by atoms with Crippen LogP contribution in [-0.4, -0.2) is 60.7 Å². The van der Waals surface area contributed by atoms with E-state index in [0.29, 0.717) is 16.1 Å². The van der Waals surface area contributed by atoms with Crippen molar-refractivity contribution >= 4 is 17.7 Å². The van der Waals surface area contributed by atoms with Gasteiger partial charge in [-0.1, -0.05) is 53.6 Å². The van der Waals surface area contributed by atoms with Gasteiger partial charge in [-0.15, -0.1) is 0 Å². The van der Waals surface area contributed by atoms with Crippen LogP contribution in [0.4, 0.5) is 0 Å². The normalized spacial score (nSPS) is 31.3. The summed E-state index contributed by atoms with van der Waals surface area (Å²) in [5, 5.41) is 63.3. The number of hydrogen-bond donors (Lipinski definition) is 6. The average Bonchev–Trinajstić information content (AvgIpc) is 2.68. The van der Waals surface area contributed by atoms with E-state index in [4.69, 9.17) is 11.6 Å². The van der Waals surface area contributed by atoms with Crippen molar-refractivity contribution in [3.63, 3.8) is 0 Å². The summed E-state index contributed by atoms with van der Waals surface area (Å²) in [6.45, 7) is 1.03. The Labute approximate surface area is 167 Å². The van der Waals surface area contributed by atoms with Crippen LogP contribution < -0.4 is 0 Å². The number of hydrogen-bond acceptors (Lipinski definition) is 6. The van der Waals surface area contributed by atoms with Crippen molar-refractivity contribution in [3.8, 4) is 0 Å². The minimum atomic E-state index is -2.28. The van der Waals surface area contributed by atoms with Crippen LogP contribution in [0.3, 0.4) is 0 Å². The van der Waals surface area contributed by atoms with E-state index in [1.807, 2.05) is 6.92 Å². The molecule has 7 heteroatoms. The van der Waals surface area contributed by atoms with Crippen molar-refractivity contribution in [1.29, 1.82) is 0 Å². The molecule has 2 aromatic rings. The quantitative estimate of drug-likeness (QED) is 0.419. The maximum Gasteiger partial charge on any atom is 0.159 e. The van der Waals surface area contributed by atoms with Crippen LogP contribution in [0.2, 0.25) is 5.02 Å². The first-order valence-electron chi connectivity index (χ1n) is 8.80. The van der Waals surface area contributed by atoms with Gasteiger partial charge in [-0.2, -0.15) is 0 Å². The molecule has 1 unspecified atom stereocenters. The molecular formula is C21H23ClO6. The van der Waals surface area contributed by atoms with Crippen LogP contribution in [0.25, 0.3) is 6.08 Å². The molecule has 1 saturated carbocycles. The summed E-state index contributed by atoms with van der Waals surface area (Å²) in [5.41, 5.74) is -2.74. The summed E-state index contributed by atoms with van der Waals surface area (Å²) in [7, 11) is 0. The molecule has 3 rings (SSSR count). The Morgan fingerprint density at radius 1 is 1.18 bits per heavy atom. The van der Waals surface area contributed by atoms with E-state index in [1.54, 1.807) is 48.5 Å². The molecule has 150 valence electrons. The Morgan fingerprint density at radius 2 is 1.82 bits per heavy atom. The van der Waals surface area contributed by atoms with Gasteiger partial charge in [0.05, 0.1) is 12.5 Å². The van der Waals surface area contributed by atoms with Crippen molar-refractivity contribution in [2.45, 2.75) is 36.3 Å². The summed E-state index contributed by atoms with van der Waals surface area (Å²) in [6.07, 6.45) is -2.43. The average molecular weight is 407 g/mol. The van der Waals surface area contributed by atoms with Crippen molar-refractivity contribution in [1.82, 2.24) is 0 Å². The van der Waals surface area contributed by atoms with Gasteiger partial charge in [0.25, 0.3) is 0 Å². The number of aliphatic hydroxyl groups excluding tert-OH is 4. The number of halogens is 1. The van der Waals surface area contributed by atoms with Crippen molar-refractivity contribution in [3.05, 3.63) is 76.0 Å². The predicted molar refractivity (Wildman–Crippen MR) is 105 cm³/mol. The van der Waals surface area contributed by atoms with Crippen molar-refractivity contribution in [2.24, 2.45) is 0 Å². The Kier molecular flexibility index (Phi) is 5.55. The van der Waals surface area contributed by atoms with Gasteiger partial charge in [0.1, 0.15) is 23.6 Å². The highest BCUT2D eigenvalue weighted by Gasteiger charge is 2.75. The third kappa shape index (κ3) is 3.12. The molecule has 0 bridgehead atoms. The Hall–Kier alpha value is -1.93. The molecule has 0 aromatic heterocycles. The molecule has 0 spiro atoms. The van der Waals surface area contributed by atoms with Crippen LogP contribution in [0.5, 0.6) is 0 Å². The second kappa shape index (κ2) is 7.48. The SMILES string of the molecule is Cc1ccc(C2[C@@](O)([C@H](O)CO)[C@H](O)[C@@]2(O)C(O)=Cc2cccc(Cl)c2)cc1. The fourth-order valence-electron chi connectivity index (χ4n) is 3.88. The maximum atomic E-state index is 11.2. The van der Waals surface area contributed by atoms with Gasteiger partial charge in [0, 0.05) is 5.02 Å². The van der Waals surface area contributed by atoms with Gasteiger partial charge in [0.15, 0.2) is 5.60 Å². The fraction of sp³-hybridized carbons (Fsp3) is 0.333. The molecule has 5 atom stereocenters. The van der Waals surface area contributed by atoms with Crippen molar-refractivity contribution < 1.29 is 30.6 Å². The third-order valence-corrected chi connectivity index (χ3v) is 5.67. The van der Waals surface area contributed by atoms with E-state index < -0.39 is 41.7 Å². The topological polar surface area (TPSA) is 121 Å². The maximum absolute atomic E-state index is 11.2. The van der Waals surface area contributed by atoms with Crippen LogP contribution in [0.1, 0.15) is 22.6 Å². The van der Waals surface area contributed by atoms with Crippen LogP contribution in [0, 0.1) is 6.92 Å². The Bertz CT molecular complexity index is 883. The van der Waals surface area contributed by atoms with Gasteiger partial charge in [0.2, 0.25) is 0 Å². The first-order valence-corrected chi connectivity index (χ1v) is 9.18. The van der Waals surface area contributed by atoms with E-state index in [2.05, 4.69) is 0 Å². The lowest BCUT2D eigenvalue weighted by atomic mass is 9.50. The molecule has 28 heavy (non-hydrogen) atoms. The third-order valence-electron chi connectivity index (χ3n) is 5.44. The summed E-state index contributed by atoms with van der Waals surface area (Å²) in [5.74, 6) is -1.88. The second-order valence-electron chi connectivity index (χ2n) is 7.24. The van der Waals surface area contributed by atoms with E-state index in [9.17, 15) is 30.6 Å². The minimum Gasteiger partial charge on any atom is -0.509 e. The van der Waals surface area contributed by atoms with E-state index >= 15 is 0 Å². The lowest BCUT2D eigenvalue weighted by Crippen LogP contribution is -2.80. The molecule has 6 nitrogen and oxygen atoms in total. The van der Waals surface area contributed by atoms with Gasteiger partial charge in [-0.05, 0) is 36.3 Å². The minimum absolute atomic E-state index is 0.388. The second-order valence-corrected chi connectivity index (χ2v) is 7.68. The first-order chi connectivity index (χ1) is 13.1. The van der Waals surface area contributed by atoms with Crippen molar-refractivity contribution in [2.75, 3.05) is 6.61 Å². The van der Waals surface area contributed by atoms with Crippen LogP contribution in [-0.2, 0) is 0 Å². The number of benzene rings is 2. The number of aliphatic hydroxyl groups is 6. The molecule has 0 saturated heterocycles. The highest BCUT2D eigenvalue weighted by Crippen LogP contribution is 2.58. The highest BCUT2D eigenvalue weighted by molar-refractivity contribution is 6.30. The van der Waals surface area contributed by atoms with E-state index in [0.717, 1.165) is 5.56 Å². The Morgan fingerprint density at radius 3 is 2.39 bits per heavy atom. The molecular weight excluding hydrogens is 384 g/mol. The zero-order valence-electron chi connectivity index (χ0n) is 15.2. The summed E-state index contributed by atoms with van der Waals surface area (Å²) in [6, 6.07) is 13.2. The predicted octanol–water partition coefficient (Wildman–Crippen LogP) is 1.52. The standard InChI is InChI=1S/C21H23ClO6/c1-12-5-7-14(8-6-12)18-20(27,19(26)21(18,28)17(25)11-23)16(24)10-13-3-2-4-15(22)9-13/h2-10,17-19,23-28H,11H2,1H3/t17-,18?,19-,20-,21+/m1/s1. The molecule has 1 aliphatic rings. The molecule has 0 aliphatic heterocycles. The molecule has 6 N–H and O–H groups in total. The summed E-state index contributed by atoms with van der Waals surface area (Å²) in [4.78, 5) is 0. The fourth-order valence-corrected chi connectivity index (χ4v) is 4.08. The largest absolute Gasteiger partial charge is 0.509 e. The molecule has 1 fully saturated rings. The molecule has 0 heterocycles. The lowest BCUT2D eigenvalue weighted by molar-refractivity contribution is -0.313. The zero-order valence-corrected chi connectivity index (χ0v) is 16.0. The van der Waals surface area contributed by atoms with Gasteiger partial charge >= 0.3 is 0 Å². The van der Waals surface area contributed by atoms with E-state index in [1.165, 1.54) is 6.08 Å². The molecule has 0 amide bonds. The van der Waals surface area contributed by atoms with Gasteiger partial charge in [-0.3, -0.25) is 0 Å². The Balaban J connectivity index is 2.10. The van der Waals surface area contributed by atoms with Gasteiger partial charge < -0.3 is 30.6 Å². The number of aryl methyl sites for hydroxylation is 1. The number of rotatable bonds is 5. The van der Waals surface area contributed by atoms with E-state index in [-0.39, 0.29) is 0 Å². The monoisotopic (exact) mass is 406 g/mol. The summed E-state index contributed by atoms with van der Waals surface area (Å²) >= 11 is 5.94. The zero-order chi connectivity index (χ0) is 20.7. The molecule has 2 aromatic carbocycles. The first kappa shape index (κ1) is 20.8.